The minimum absolute atomic E-state index is 0.112. The average Bonchev–Trinajstić information content (AvgIpc) is 2.77. The Bertz CT molecular complexity index is 1210. The molecule has 0 saturated heterocycles. The molecule has 3 nitrogen and oxygen atoms in total. The normalized spacial score (nSPS) is 12.7. The third-order valence-electron chi connectivity index (χ3n) is 4.96. The van der Waals surface area contributed by atoms with E-state index in [2.05, 4.69) is 29.4 Å². The van der Waals surface area contributed by atoms with Gasteiger partial charge in [0.2, 0.25) is 0 Å². The molecule has 1 aromatic heterocycles. The topological polar surface area (TPSA) is 23.4 Å². The highest BCUT2D eigenvalue weighted by Crippen LogP contribution is 2.28. The van der Waals surface area contributed by atoms with Crippen molar-refractivity contribution in [2.45, 2.75) is 12.8 Å². The van der Waals surface area contributed by atoms with Crippen molar-refractivity contribution in [1.29, 1.82) is 0 Å². The van der Waals surface area contributed by atoms with Gasteiger partial charge in [0.15, 0.2) is 0 Å². The minimum atomic E-state index is -0.112. The molecule has 0 radical (unpaired) electrons. The quantitative estimate of drug-likeness (QED) is 0.396. The molecular formula is C24H22NO2PS. The third-order valence-corrected chi connectivity index (χ3v) is 6.09. The highest BCUT2D eigenvalue weighted by Gasteiger charge is 2.07. The van der Waals surface area contributed by atoms with Crippen LogP contribution in [0.15, 0.2) is 61.2 Å². The predicted octanol–water partition coefficient (Wildman–Crippen LogP) is 5.39. The average molecular weight is 419 g/mol. The summed E-state index contributed by atoms with van der Waals surface area (Å²) in [5.41, 5.74) is 3.22. The van der Waals surface area contributed by atoms with Crippen LogP contribution in [0.25, 0.3) is 29.4 Å². The summed E-state index contributed by atoms with van der Waals surface area (Å²) < 4.78 is 14.4. The lowest BCUT2D eigenvalue weighted by Crippen LogP contribution is -2.36. The number of benzene rings is 2. The lowest BCUT2D eigenvalue weighted by atomic mass is 10.0. The Labute approximate surface area is 177 Å². The summed E-state index contributed by atoms with van der Waals surface area (Å²) in [7, 11) is 1.93. The summed E-state index contributed by atoms with van der Waals surface area (Å²) >= 11 is 5.71. The zero-order valence-corrected chi connectivity index (χ0v) is 18.0. The molecule has 1 aliphatic rings. The lowest BCUT2D eigenvalue weighted by molar-refractivity contribution is 0.516. The molecule has 3 aromatic rings. The molecule has 0 amide bonds. The van der Waals surface area contributed by atoms with Crippen molar-refractivity contribution in [2.24, 2.45) is 7.05 Å². The van der Waals surface area contributed by atoms with E-state index >= 15 is 0 Å². The van der Waals surface area contributed by atoms with Crippen LogP contribution in [0.1, 0.15) is 18.4 Å². The van der Waals surface area contributed by atoms with Gasteiger partial charge in [-0.2, -0.15) is 0 Å². The van der Waals surface area contributed by atoms with E-state index in [1.165, 1.54) is 10.6 Å². The number of pyridine rings is 1. The van der Waals surface area contributed by atoms with E-state index in [-0.39, 0.29) is 9.03 Å². The molecular weight excluding hydrogens is 397 g/mol. The monoisotopic (exact) mass is 419 g/mol. The van der Waals surface area contributed by atoms with Crippen LogP contribution in [0, 0.1) is 4.64 Å². The van der Waals surface area contributed by atoms with Crippen LogP contribution in [-0.4, -0.2) is 4.57 Å². The van der Waals surface area contributed by atoms with Gasteiger partial charge in [-0.25, -0.2) is 0 Å². The van der Waals surface area contributed by atoms with Crippen molar-refractivity contribution < 1.29 is 9.05 Å². The molecule has 2 aromatic carbocycles. The first-order valence-electron chi connectivity index (χ1n) is 9.48. The van der Waals surface area contributed by atoms with Gasteiger partial charge in [0.1, 0.15) is 16.1 Å². The standard InChI is InChI=1S/C24H22NO2PS/c1-3-17-8-12-20(13-9-17)26-28-27-21-14-10-18(11-15-21)22-16-19-6-4-5-7-23(19)25(2)24(22)29/h3,6-16,28H,1,4-5H2,2H3. The number of hydrogen-bond donors (Lipinski definition) is 0. The summed E-state index contributed by atoms with van der Waals surface area (Å²) in [6, 6.07) is 17.9. The molecule has 1 unspecified atom stereocenters. The minimum Gasteiger partial charge on any atom is -0.441 e. The molecule has 0 saturated carbocycles. The maximum atomic E-state index is 5.74. The van der Waals surface area contributed by atoms with Gasteiger partial charge >= 0.3 is 0 Å². The number of rotatable bonds is 6. The number of nitrogens with zero attached hydrogens (tertiary/aromatic N) is 1. The Morgan fingerprint density at radius 3 is 2.24 bits per heavy atom. The predicted molar refractivity (Wildman–Crippen MR) is 125 cm³/mol. The molecule has 1 aliphatic carbocycles. The first kappa shape index (κ1) is 19.6. The summed E-state index contributed by atoms with van der Waals surface area (Å²) in [5.74, 6) is 1.54. The molecule has 0 fully saturated rings. The molecule has 5 heteroatoms. The molecule has 0 bridgehead atoms. The highest BCUT2D eigenvalue weighted by molar-refractivity contribution is 7.71. The molecule has 0 aliphatic heterocycles. The van der Waals surface area contributed by atoms with E-state index in [1.807, 2.05) is 55.6 Å². The summed E-state index contributed by atoms with van der Waals surface area (Å²) in [6.45, 7) is 3.75. The van der Waals surface area contributed by atoms with Gasteiger partial charge in [0.05, 0.1) is 0 Å². The zero-order valence-electron chi connectivity index (χ0n) is 16.2. The van der Waals surface area contributed by atoms with Gasteiger partial charge in [-0.3, -0.25) is 0 Å². The second-order valence-electron chi connectivity index (χ2n) is 6.83. The van der Waals surface area contributed by atoms with E-state index in [1.54, 1.807) is 6.08 Å². The Balaban J connectivity index is 1.48. The summed E-state index contributed by atoms with van der Waals surface area (Å²) in [5, 5.41) is 2.46. The highest BCUT2D eigenvalue weighted by atomic mass is 32.1. The van der Waals surface area contributed by atoms with Crippen molar-refractivity contribution in [3.05, 3.63) is 81.9 Å². The van der Waals surface area contributed by atoms with Crippen LogP contribution in [0.4, 0.5) is 0 Å². The van der Waals surface area contributed by atoms with Crippen molar-refractivity contribution in [1.82, 2.24) is 4.57 Å². The first-order valence-corrected chi connectivity index (χ1v) is 10.7. The molecule has 4 rings (SSSR count). The molecule has 1 atom stereocenters. The van der Waals surface area contributed by atoms with E-state index in [0.717, 1.165) is 45.7 Å². The molecule has 0 N–H and O–H groups in total. The Morgan fingerprint density at radius 2 is 1.59 bits per heavy atom. The third kappa shape index (κ3) is 4.34. The Kier molecular flexibility index (Phi) is 5.94. The van der Waals surface area contributed by atoms with E-state index < -0.39 is 0 Å². The maximum absolute atomic E-state index is 5.74. The smallest absolute Gasteiger partial charge is 0.275 e. The molecule has 29 heavy (non-hydrogen) atoms. The van der Waals surface area contributed by atoms with Crippen molar-refractivity contribution in [3.63, 3.8) is 0 Å². The van der Waals surface area contributed by atoms with Crippen molar-refractivity contribution in [2.75, 3.05) is 0 Å². The fourth-order valence-electron chi connectivity index (χ4n) is 3.35. The number of aromatic nitrogens is 1. The van der Waals surface area contributed by atoms with Crippen molar-refractivity contribution in [3.8, 4) is 22.6 Å². The van der Waals surface area contributed by atoms with Gasteiger partial charge in [0, 0.05) is 18.0 Å². The van der Waals surface area contributed by atoms with E-state index in [4.69, 9.17) is 21.3 Å². The van der Waals surface area contributed by atoms with Crippen LogP contribution in [0.5, 0.6) is 11.5 Å². The SMILES string of the molecule is C=Cc1ccc(OPOc2ccc(-c3cc4c(n(C)c3=S)=CCCC=4)cc2)cc1. The molecule has 1 heterocycles. The number of fused-ring (bicyclic) bond motifs is 1. The van der Waals surface area contributed by atoms with Gasteiger partial charge < -0.3 is 13.6 Å². The second kappa shape index (κ2) is 8.77. The summed E-state index contributed by atoms with van der Waals surface area (Å²) in [6.07, 6.45) is 8.50. The van der Waals surface area contributed by atoms with Crippen LogP contribution < -0.4 is 19.6 Å². The maximum Gasteiger partial charge on any atom is 0.275 e. The lowest BCUT2D eigenvalue weighted by Gasteiger charge is -2.12. The van der Waals surface area contributed by atoms with Gasteiger partial charge in [-0.15, -0.1) is 0 Å². The largest absolute Gasteiger partial charge is 0.441 e. The van der Waals surface area contributed by atoms with Gasteiger partial charge in [0.25, 0.3) is 9.03 Å². The van der Waals surface area contributed by atoms with Crippen LogP contribution >= 0.6 is 21.3 Å². The van der Waals surface area contributed by atoms with Gasteiger partial charge in [-0.1, -0.05) is 61.3 Å². The fourth-order valence-corrected chi connectivity index (χ4v) is 4.13. The number of hydrogen-bond acceptors (Lipinski definition) is 3. The molecule has 146 valence electrons. The van der Waals surface area contributed by atoms with E-state index in [0.29, 0.717) is 0 Å². The van der Waals surface area contributed by atoms with E-state index in [9.17, 15) is 0 Å². The van der Waals surface area contributed by atoms with Crippen LogP contribution in [-0.2, 0) is 7.05 Å². The van der Waals surface area contributed by atoms with Gasteiger partial charge in [-0.05, 0) is 59.5 Å². The van der Waals surface area contributed by atoms with Crippen LogP contribution in [0.2, 0.25) is 0 Å². The van der Waals surface area contributed by atoms with Crippen LogP contribution in [0.3, 0.4) is 0 Å². The summed E-state index contributed by atoms with van der Waals surface area (Å²) in [4.78, 5) is 0. The second-order valence-corrected chi connectivity index (χ2v) is 7.79. The Hall–Kier alpha value is -2.68. The molecule has 0 spiro atoms. The Morgan fingerprint density at radius 1 is 0.966 bits per heavy atom. The fraction of sp³-hybridized carbons (Fsp3) is 0.125. The first-order chi connectivity index (χ1) is 14.2. The zero-order chi connectivity index (χ0) is 20.2. The van der Waals surface area contributed by atoms with Crippen molar-refractivity contribution >= 4 is 39.5 Å².